The Kier molecular flexibility index (Phi) is 3.37. The fraction of sp³-hybridized carbons (Fsp3) is 0.714. The molecule has 1 aromatic heterocycles. The van der Waals surface area contributed by atoms with Crippen LogP contribution in [0.5, 0.6) is 0 Å². The lowest BCUT2D eigenvalue weighted by atomic mass is 10.0. The largest absolute Gasteiger partial charge is 0.345 e. The van der Waals surface area contributed by atoms with E-state index in [1.165, 1.54) is 38.5 Å². The van der Waals surface area contributed by atoms with Gasteiger partial charge >= 0.3 is 0 Å². The normalized spacial score (nSPS) is 24.3. The van der Waals surface area contributed by atoms with Gasteiger partial charge in [-0.2, -0.15) is 0 Å². The standard InChI is InChI=1S/C14H20N2OS/c1-2-11-5-3-4-8-16(11)14-15-13(10-6-7-10)12(9-17)18-14/h9-11H,2-8H2,1H3. The zero-order valence-corrected chi connectivity index (χ0v) is 11.7. The molecule has 3 nitrogen and oxygen atoms in total. The van der Waals surface area contributed by atoms with Crippen molar-refractivity contribution in [2.24, 2.45) is 0 Å². The van der Waals surface area contributed by atoms with Gasteiger partial charge in [0, 0.05) is 18.5 Å². The highest BCUT2D eigenvalue weighted by Crippen LogP contribution is 2.44. The minimum atomic E-state index is 0.570. The van der Waals surface area contributed by atoms with Gasteiger partial charge in [0.05, 0.1) is 10.6 Å². The fourth-order valence-corrected chi connectivity index (χ4v) is 3.93. The molecule has 2 aliphatic rings. The van der Waals surface area contributed by atoms with Gasteiger partial charge in [-0.05, 0) is 38.5 Å². The highest BCUT2D eigenvalue weighted by atomic mass is 32.1. The topological polar surface area (TPSA) is 33.2 Å². The van der Waals surface area contributed by atoms with Crippen LogP contribution in [0.2, 0.25) is 0 Å². The Bertz CT molecular complexity index is 439. The quantitative estimate of drug-likeness (QED) is 0.779. The second-order valence-electron chi connectivity index (χ2n) is 5.39. The molecular formula is C14H20N2OS. The summed E-state index contributed by atoms with van der Waals surface area (Å²) in [4.78, 5) is 19.2. The van der Waals surface area contributed by atoms with Gasteiger partial charge in [-0.1, -0.05) is 18.3 Å². The monoisotopic (exact) mass is 264 g/mol. The predicted molar refractivity (Wildman–Crippen MR) is 74.8 cm³/mol. The van der Waals surface area contributed by atoms with Crippen LogP contribution in [0, 0.1) is 0 Å². The van der Waals surface area contributed by atoms with Crippen molar-refractivity contribution in [3.8, 4) is 0 Å². The number of rotatable bonds is 4. The Morgan fingerprint density at radius 1 is 1.39 bits per heavy atom. The van der Waals surface area contributed by atoms with Crippen LogP contribution in [-0.4, -0.2) is 23.9 Å². The number of anilines is 1. The van der Waals surface area contributed by atoms with Gasteiger partial charge in [-0.15, -0.1) is 0 Å². The van der Waals surface area contributed by atoms with Crippen molar-refractivity contribution in [2.75, 3.05) is 11.4 Å². The summed E-state index contributed by atoms with van der Waals surface area (Å²) in [7, 11) is 0. The average molecular weight is 264 g/mol. The maximum atomic E-state index is 11.2. The SMILES string of the molecule is CCC1CCCCN1c1nc(C2CC2)c(C=O)s1. The molecule has 0 aromatic carbocycles. The predicted octanol–water partition coefficient (Wildman–Crippen LogP) is 3.60. The molecule has 0 amide bonds. The molecule has 0 bridgehead atoms. The first-order valence-electron chi connectivity index (χ1n) is 7.06. The van der Waals surface area contributed by atoms with Gasteiger partial charge in [-0.3, -0.25) is 4.79 Å². The highest BCUT2D eigenvalue weighted by Gasteiger charge is 2.32. The molecule has 1 saturated carbocycles. The summed E-state index contributed by atoms with van der Waals surface area (Å²) in [6.07, 6.45) is 8.45. The van der Waals surface area contributed by atoms with Crippen LogP contribution in [0.3, 0.4) is 0 Å². The molecule has 1 atom stereocenters. The van der Waals surface area contributed by atoms with Gasteiger partial charge in [0.15, 0.2) is 11.4 Å². The average Bonchev–Trinajstić information content (AvgIpc) is 3.18. The highest BCUT2D eigenvalue weighted by molar-refractivity contribution is 7.17. The minimum absolute atomic E-state index is 0.570. The maximum Gasteiger partial charge on any atom is 0.186 e. The first-order valence-corrected chi connectivity index (χ1v) is 7.87. The van der Waals surface area contributed by atoms with Crippen LogP contribution < -0.4 is 4.90 Å². The van der Waals surface area contributed by atoms with E-state index in [4.69, 9.17) is 4.98 Å². The Morgan fingerprint density at radius 3 is 2.89 bits per heavy atom. The molecule has 1 unspecified atom stereocenters. The third kappa shape index (κ3) is 2.18. The first kappa shape index (κ1) is 12.2. The van der Waals surface area contributed by atoms with Gasteiger partial charge in [0.2, 0.25) is 0 Å². The van der Waals surface area contributed by atoms with Crippen LogP contribution >= 0.6 is 11.3 Å². The van der Waals surface area contributed by atoms with E-state index in [2.05, 4.69) is 11.8 Å². The summed E-state index contributed by atoms with van der Waals surface area (Å²) in [6, 6.07) is 0.622. The summed E-state index contributed by atoms with van der Waals surface area (Å²) < 4.78 is 0. The van der Waals surface area contributed by atoms with E-state index < -0.39 is 0 Å². The Hall–Kier alpha value is -0.900. The smallest absolute Gasteiger partial charge is 0.186 e. The number of aromatic nitrogens is 1. The summed E-state index contributed by atoms with van der Waals surface area (Å²) in [5.41, 5.74) is 1.07. The van der Waals surface area contributed by atoms with E-state index in [9.17, 15) is 4.79 Å². The van der Waals surface area contributed by atoms with Crippen molar-refractivity contribution in [3.05, 3.63) is 10.6 Å². The van der Waals surface area contributed by atoms with E-state index in [0.29, 0.717) is 12.0 Å². The number of carbonyl (C=O) groups excluding carboxylic acids is 1. The lowest BCUT2D eigenvalue weighted by Crippen LogP contribution is -2.39. The molecule has 0 radical (unpaired) electrons. The second kappa shape index (κ2) is 5.00. The van der Waals surface area contributed by atoms with Crippen molar-refractivity contribution >= 4 is 22.8 Å². The molecule has 0 spiro atoms. The minimum Gasteiger partial charge on any atom is -0.345 e. The van der Waals surface area contributed by atoms with E-state index in [-0.39, 0.29) is 0 Å². The zero-order chi connectivity index (χ0) is 12.5. The van der Waals surface area contributed by atoms with Gasteiger partial charge < -0.3 is 4.90 Å². The second-order valence-corrected chi connectivity index (χ2v) is 6.40. The van der Waals surface area contributed by atoms with Crippen LogP contribution in [0.1, 0.15) is 66.7 Å². The summed E-state index contributed by atoms with van der Waals surface area (Å²) in [5, 5.41) is 1.09. The van der Waals surface area contributed by atoms with Gasteiger partial charge in [0.1, 0.15) is 0 Å². The zero-order valence-electron chi connectivity index (χ0n) is 10.9. The first-order chi connectivity index (χ1) is 8.83. The molecule has 2 heterocycles. The van der Waals surface area contributed by atoms with E-state index in [1.807, 2.05) is 0 Å². The number of hydrogen-bond acceptors (Lipinski definition) is 4. The van der Waals surface area contributed by atoms with Crippen LogP contribution in [0.4, 0.5) is 5.13 Å². The van der Waals surface area contributed by atoms with Crippen molar-refractivity contribution in [1.29, 1.82) is 0 Å². The summed E-state index contributed by atoms with van der Waals surface area (Å²) >= 11 is 1.60. The van der Waals surface area contributed by atoms with Gasteiger partial charge in [0.25, 0.3) is 0 Å². The van der Waals surface area contributed by atoms with Crippen LogP contribution in [0.15, 0.2) is 0 Å². The van der Waals surface area contributed by atoms with Gasteiger partial charge in [-0.25, -0.2) is 4.98 Å². The lowest BCUT2D eigenvalue weighted by Gasteiger charge is -2.35. The van der Waals surface area contributed by atoms with Crippen LogP contribution in [0.25, 0.3) is 0 Å². The Labute approximate surface area is 112 Å². The molecular weight excluding hydrogens is 244 g/mol. The van der Waals surface area contributed by atoms with Crippen LogP contribution in [-0.2, 0) is 0 Å². The van der Waals surface area contributed by atoms with E-state index >= 15 is 0 Å². The van der Waals surface area contributed by atoms with Crippen molar-refractivity contribution < 1.29 is 4.79 Å². The number of thiazole rings is 1. The molecule has 3 rings (SSSR count). The van der Waals surface area contributed by atoms with Crippen molar-refractivity contribution in [2.45, 2.75) is 57.4 Å². The third-order valence-corrected chi connectivity index (χ3v) is 5.12. The Morgan fingerprint density at radius 2 is 2.22 bits per heavy atom. The number of hydrogen-bond donors (Lipinski definition) is 0. The third-order valence-electron chi connectivity index (χ3n) is 4.08. The maximum absolute atomic E-state index is 11.2. The number of nitrogens with zero attached hydrogens (tertiary/aromatic N) is 2. The van der Waals surface area contributed by atoms with E-state index in [1.54, 1.807) is 11.3 Å². The van der Waals surface area contributed by atoms with Crippen molar-refractivity contribution in [3.63, 3.8) is 0 Å². The molecule has 4 heteroatoms. The molecule has 1 saturated heterocycles. The summed E-state index contributed by atoms with van der Waals surface area (Å²) in [6.45, 7) is 3.35. The van der Waals surface area contributed by atoms with E-state index in [0.717, 1.165) is 28.5 Å². The molecule has 0 N–H and O–H groups in total. The molecule has 1 aromatic rings. The summed E-state index contributed by atoms with van der Waals surface area (Å²) in [5.74, 6) is 0.570. The number of carbonyl (C=O) groups is 1. The molecule has 2 fully saturated rings. The van der Waals surface area contributed by atoms with Crippen molar-refractivity contribution in [1.82, 2.24) is 4.98 Å². The molecule has 1 aliphatic carbocycles. The number of aldehydes is 1. The number of piperidine rings is 1. The fourth-order valence-electron chi connectivity index (χ4n) is 2.86. The Balaban J connectivity index is 1.88. The molecule has 98 valence electrons. The molecule has 1 aliphatic heterocycles. The lowest BCUT2D eigenvalue weighted by molar-refractivity contribution is 0.112. The molecule has 18 heavy (non-hydrogen) atoms.